The molecule has 1 radical (unpaired) electrons. The molecule has 1 aromatic heterocycles. The van der Waals surface area contributed by atoms with E-state index in [0.717, 1.165) is 4.68 Å². The quantitative estimate of drug-likeness (QED) is 0.523. The predicted octanol–water partition coefficient (Wildman–Crippen LogP) is -0.129. The van der Waals surface area contributed by atoms with Crippen molar-refractivity contribution in [2.75, 3.05) is 7.05 Å². The molecule has 0 bridgehead atoms. The van der Waals surface area contributed by atoms with Crippen molar-refractivity contribution in [2.24, 2.45) is 0 Å². The van der Waals surface area contributed by atoms with Crippen molar-refractivity contribution < 1.29 is 4.79 Å². The number of amides is 1. The largest absolute Gasteiger partial charge is 0.342 e. The van der Waals surface area contributed by atoms with Crippen molar-refractivity contribution in [1.82, 2.24) is 15.1 Å². The summed E-state index contributed by atoms with van der Waals surface area (Å²) in [6.07, 6.45) is 4.08. The van der Waals surface area contributed by atoms with Crippen molar-refractivity contribution in [3.63, 3.8) is 0 Å². The topological polar surface area (TPSA) is 46.9 Å². The molecule has 1 rings (SSSR count). The Balaban J connectivity index is 2.77. The summed E-state index contributed by atoms with van der Waals surface area (Å²) in [5.41, 5.74) is 0. The number of aromatic nitrogens is 2. The highest BCUT2D eigenvalue weighted by molar-refractivity contribution is 5.74. The SMILES string of the molecule is CNC(=O)n1[c]ccn1. The molecule has 0 aromatic carbocycles. The predicted molar refractivity (Wildman–Crippen MR) is 30.9 cm³/mol. The Morgan fingerprint density at radius 3 is 3.11 bits per heavy atom. The van der Waals surface area contributed by atoms with E-state index >= 15 is 0 Å². The molecule has 4 heteroatoms. The summed E-state index contributed by atoms with van der Waals surface area (Å²) in [4.78, 5) is 10.6. The van der Waals surface area contributed by atoms with Crippen LogP contribution >= 0.6 is 0 Å². The van der Waals surface area contributed by atoms with Crippen molar-refractivity contribution in [3.05, 3.63) is 18.5 Å². The Hall–Kier alpha value is -1.32. The van der Waals surface area contributed by atoms with E-state index in [4.69, 9.17) is 0 Å². The molecular formula is C5H6N3O. The fourth-order valence-corrected chi connectivity index (χ4v) is 0.454. The molecule has 0 aliphatic heterocycles. The molecule has 9 heavy (non-hydrogen) atoms. The first-order valence-corrected chi connectivity index (χ1v) is 2.48. The molecule has 0 atom stereocenters. The maximum Gasteiger partial charge on any atom is 0.342 e. The van der Waals surface area contributed by atoms with Gasteiger partial charge >= 0.3 is 6.03 Å². The first-order valence-electron chi connectivity index (χ1n) is 2.48. The van der Waals surface area contributed by atoms with E-state index in [1.54, 1.807) is 6.07 Å². The molecule has 4 nitrogen and oxygen atoms in total. The van der Waals surface area contributed by atoms with Crippen molar-refractivity contribution in [3.8, 4) is 0 Å². The number of hydrogen-bond donors (Lipinski definition) is 1. The fraction of sp³-hybridized carbons (Fsp3) is 0.200. The average molecular weight is 124 g/mol. The van der Waals surface area contributed by atoms with Crippen LogP contribution < -0.4 is 5.32 Å². The summed E-state index contributed by atoms with van der Waals surface area (Å²) in [5.74, 6) is 0. The van der Waals surface area contributed by atoms with E-state index < -0.39 is 0 Å². The van der Waals surface area contributed by atoms with Gasteiger partial charge in [0.1, 0.15) is 0 Å². The van der Waals surface area contributed by atoms with Crippen LogP contribution in [0, 0.1) is 6.20 Å². The Morgan fingerprint density at radius 1 is 1.89 bits per heavy atom. The highest BCUT2D eigenvalue weighted by Crippen LogP contribution is 1.79. The number of carbonyl (C=O) groups is 1. The zero-order valence-electron chi connectivity index (χ0n) is 4.96. The Labute approximate surface area is 52.5 Å². The number of hydrogen-bond acceptors (Lipinski definition) is 2. The highest BCUT2D eigenvalue weighted by atomic mass is 16.2. The minimum absolute atomic E-state index is 0.278. The molecule has 0 saturated heterocycles. The molecule has 0 spiro atoms. The first kappa shape index (κ1) is 5.81. The normalized spacial score (nSPS) is 9.00. The van der Waals surface area contributed by atoms with Gasteiger partial charge in [-0.2, -0.15) is 9.78 Å². The number of carbonyl (C=O) groups excluding carboxylic acids is 1. The summed E-state index contributed by atoms with van der Waals surface area (Å²) < 4.78 is 1.10. The minimum Gasteiger partial charge on any atom is -0.339 e. The van der Waals surface area contributed by atoms with Gasteiger partial charge in [0.15, 0.2) is 0 Å². The van der Waals surface area contributed by atoms with Gasteiger partial charge in [0, 0.05) is 7.05 Å². The van der Waals surface area contributed by atoms with Gasteiger partial charge in [0.05, 0.1) is 12.4 Å². The molecule has 0 fully saturated rings. The summed E-state index contributed by atoms with van der Waals surface area (Å²) in [5, 5.41) is 6.03. The maximum atomic E-state index is 10.6. The Morgan fingerprint density at radius 2 is 2.67 bits per heavy atom. The molecule has 0 aliphatic carbocycles. The second kappa shape index (κ2) is 2.30. The zero-order valence-corrected chi connectivity index (χ0v) is 4.96. The van der Waals surface area contributed by atoms with Gasteiger partial charge in [-0.25, -0.2) is 4.79 Å². The third-order valence-corrected chi connectivity index (χ3v) is 0.860. The van der Waals surface area contributed by atoms with Gasteiger partial charge in [-0.15, -0.1) is 0 Å². The molecule has 0 aliphatic rings. The monoisotopic (exact) mass is 124 g/mol. The van der Waals surface area contributed by atoms with Gasteiger partial charge in [0.2, 0.25) is 0 Å². The lowest BCUT2D eigenvalue weighted by Gasteiger charge is -1.93. The molecule has 1 heterocycles. The molecule has 0 unspecified atom stereocenters. The van der Waals surface area contributed by atoms with Crippen LogP contribution in [0.5, 0.6) is 0 Å². The van der Waals surface area contributed by atoms with Gasteiger partial charge < -0.3 is 5.32 Å². The number of nitrogens with one attached hydrogen (secondary N) is 1. The van der Waals surface area contributed by atoms with Crippen LogP contribution in [0.15, 0.2) is 12.3 Å². The Kier molecular flexibility index (Phi) is 1.48. The Bertz CT molecular complexity index is 192. The number of nitrogens with zero attached hydrogens (tertiary/aromatic N) is 2. The maximum absolute atomic E-state index is 10.6. The van der Waals surface area contributed by atoms with E-state index in [1.165, 1.54) is 13.2 Å². The standard InChI is InChI=1S/C5H6N3O/c1-6-5(9)8-4-2-3-7-8/h2-3H,1H3,(H,6,9). The average Bonchev–Trinajstić information content (AvgIpc) is 2.37. The highest BCUT2D eigenvalue weighted by Gasteiger charge is 1.97. The number of rotatable bonds is 0. The lowest BCUT2D eigenvalue weighted by Crippen LogP contribution is -2.24. The molecule has 1 amide bonds. The van der Waals surface area contributed by atoms with Gasteiger partial charge in [-0.1, -0.05) is 0 Å². The summed E-state index contributed by atoms with van der Waals surface area (Å²) >= 11 is 0. The van der Waals surface area contributed by atoms with E-state index in [0.29, 0.717) is 0 Å². The third kappa shape index (κ3) is 1.07. The molecule has 1 aromatic rings. The molecule has 0 saturated carbocycles. The lowest BCUT2D eigenvalue weighted by molar-refractivity contribution is 0.241. The van der Waals surface area contributed by atoms with Gasteiger partial charge in [0.25, 0.3) is 0 Å². The van der Waals surface area contributed by atoms with E-state index in [9.17, 15) is 4.79 Å². The second-order valence-electron chi connectivity index (χ2n) is 1.43. The van der Waals surface area contributed by atoms with Crippen molar-refractivity contribution in [1.29, 1.82) is 0 Å². The van der Waals surface area contributed by atoms with Crippen LogP contribution in [0.4, 0.5) is 4.79 Å². The summed E-state index contributed by atoms with van der Waals surface area (Å²) in [6.45, 7) is 0. The molecular weight excluding hydrogens is 118 g/mol. The van der Waals surface area contributed by atoms with E-state index in [-0.39, 0.29) is 6.03 Å². The van der Waals surface area contributed by atoms with Crippen LogP contribution in [0.3, 0.4) is 0 Å². The van der Waals surface area contributed by atoms with Crippen LogP contribution in [-0.4, -0.2) is 22.9 Å². The molecule has 1 N–H and O–H groups in total. The third-order valence-electron chi connectivity index (χ3n) is 0.860. The second-order valence-corrected chi connectivity index (χ2v) is 1.43. The molecule has 47 valence electrons. The van der Waals surface area contributed by atoms with Gasteiger partial charge in [-0.3, -0.25) is 0 Å². The summed E-state index contributed by atoms with van der Waals surface area (Å²) in [6, 6.07) is 1.29. The fourth-order valence-electron chi connectivity index (χ4n) is 0.454. The lowest BCUT2D eigenvalue weighted by atomic mass is 10.7. The van der Waals surface area contributed by atoms with E-state index in [2.05, 4.69) is 16.6 Å². The van der Waals surface area contributed by atoms with Crippen LogP contribution in [0.2, 0.25) is 0 Å². The van der Waals surface area contributed by atoms with Crippen LogP contribution in [-0.2, 0) is 0 Å². The minimum atomic E-state index is -0.278. The van der Waals surface area contributed by atoms with Crippen molar-refractivity contribution in [2.45, 2.75) is 0 Å². The van der Waals surface area contributed by atoms with Gasteiger partial charge in [-0.05, 0) is 6.07 Å². The smallest absolute Gasteiger partial charge is 0.339 e. The summed E-state index contributed by atoms with van der Waals surface area (Å²) in [7, 11) is 1.54. The van der Waals surface area contributed by atoms with E-state index in [1.807, 2.05) is 0 Å². The zero-order chi connectivity index (χ0) is 6.69. The van der Waals surface area contributed by atoms with Crippen LogP contribution in [0.25, 0.3) is 0 Å². The van der Waals surface area contributed by atoms with Crippen molar-refractivity contribution >= 4 is 6.03 Å². The first-order chi connectivity index (χ1) is 4.34. The van der Waals surface area contributed by atoms with Crippen LogP contribution in [0.1, 0.15) is 0 Å².